The summed E-state index contributed by atoms with van der Waals surface area (Å²) in [5.74, 6) is -1.05. The molecule has 248 valence electrons. The van der Waals surface area contributed by atoms with Crippen LogP contribution in [0.1, 0.15) is 53.0 Å². The summed E-state index contributed by atoms with van der Waals surface area (Å²) in [5, 5.41) is 4.05. The van der Waals surface area contributed by atoms with Crippen molar-refractivity contribution in [1.82, 2.24) is 10.2 Å². The molecule has 4 unspecified atom stereocenters. The van der Waals surface area contributed by atoms with E-state index in [2.05, 4.69) is 29.0 Å². The lowest BCUT2D eigenvalue weighted by atomic mass is 9.96. The van der Waals surface area contributed by atoms with Crippen LogP contribution in [0.5, 0.6) is 5.75 Å². The van der Waals surface area contributed by atoms with Gasteiger partial charge in [0.05, 0.1) is 65.8 Å². The van der Waals surface area contributed by atoms with Crippen molar-refractivity contribution >= 4 is 46.5 Å². The van der Waals surface area contributed by atoms with Crippen LogP contribution in [0.3, 0.4) is 0 Å². The molecule has 3 fully saturated rings. The van der Waals surface area contributed by atoms with Gasteiger partial charge in [-0.1, -0.05) is 41.4 Å². The fourth-order valence-electron chi connectivity index (χ4n) is 7.54. The number of ether oxygens (including phenoxy) is 3. The molecular weight excluding hydrogens is 646 g/mol. The van der Waals surface area contributed by atoms with Crippen LogP contribution in [0.4, 0.5) is 15.8 Å². The Morgan fingerprint density at radius 3 is 2.32 bits per heavy atom. The summed E-state index contributed by atoms with van der Waals surface area (Å²) in [4.78, 5) is 32.5. The minimum Gasteiger partial charge on any atom is -0.472 e. The van der Waals surface area contributed by atoms with Crippen LogP contribution in [-0.2, 0) is 16.0 Å². The Morgan fingerprint density at radius 1 is 0.979 bits per heavy atom. The molecule has 4 aliphatic rings. The number of methoxy groups -OCH3 is 1. The molecule has 1 N–H and O–H groups in total. The first kappa shape index (κ1) is 32.0. The van der Waals surface area contributed by atoms with E-state index in [9.17, 15) is 9.59 Å². The number of morpholine rings is 1. The SMILES string of the molecule is COC(=O)c1cc(F)c(-c2cccc3c2OCN(C(=O)c2c(Cl)cc(N4CC(C)NC(C)C4)cc2Cl)C3)cc1N1C2CCC1COC2. The third kappa shape index (κ3) is 5.90. The molecular formula is C35H37Cl2FN4O5. The van der Waals surface area contributed by atoms with Crippen molar-refractivity contribution < 1.29 is 28.2 Å². The summed E-state index contributed by atoms with van der Waals surface area (Å²) in [6.07, 6.45) is 1.85. The average molecular weight is 684 g/mol. The number of para-hydroxylation sites is 1. The second-order valence-electron chi connectivity index (χ2n) is 12.9. The molecule has 2 bridgehead atoms. The van der Waals surface area contributed by atoms with E-state index in [1.165, 1.54) is 18.1 Å². The molecule has 0 aliphatic carbocycles. The zero-order chi connectivity index (χ0) is 33.0. The zero-order valence-corrected chi connectivity index (χ0v) is 28.0. The molecule has 47 heavy (non-hydrogen) atoms. The van der Waals surface area contributed by atoms with Gasteiger partial charge < -0.3 is 34.2 Å². The Kier molecular flexibility index (Phi) is 8.72. The summed E-state index contributed by atoms with van der Waals surface area (Å²) in [7, 11) is 1.29. The summed E-state index contributed by atoms with van der Waals surface area (Å²) in [5.41, 5.74) is 3.41. The molecule has 0 radical (unpaired) electrons. The van der Waals surface area contributed by atoms with E-state index in [4.69, 9.17) is 37.4 Å². The number of nitrogens with one attached hydrogen (secondary N) is 1. The third-order valence-corrected chi connectivity index (χ3v) is 10.2. The van der Waals surface area contributed by atoms with Crippen LogP contribution in [0.15, 0.2) is 42.5 Å². The molecule has 7 rings (SSSR count). The van der Waals surface area contributed by atoms with Crippen molar-refractivity contribution in [1.29, 1.82) is 0 Å². The maximum Gasteiger partial charge on any atom is 0.340 e. The van der Waals surface area contributed by atoms with Crippen LogP contribution in [-0.4, -0.2) is 81.1 Å². The standard InChI is InChI=1S/C35H37Cl2FN4O5/c1-19-13-40(14-20(2)39-19)24-9-28(36)32(29(37)10-24)34(43)41-15-21-5-4-6-25(33(21)47-18-41)26-12-31(27(11-30(26)38)35(44)45-3)42-22-7-8-23(42)17-46-16-22/h4-6,9-12,19-20,22-23,39H,7-8,13-18H2,1-3H3. The molecule has 1 amide bonds. The monoisotopic (exact) mass is 682 g/mol. The number of nitrogens with zero attached hydrogens (tertiary/aromatic N) is 3. The molecule has 3 saturated heterocycles. The van der Waals surface area contributed by atoms with E-state index in [0.717, 1.165) is 31.6 Å². The van der Waals surface area contributed by atoms with Gasteiger partial charge in [-0.15, -0.1) is 0 Å². The maximum atomic E-state index is 15.9. The highest BCUT2D eigenvalue weighted by Gasteiger charge is 2.40. The van der Waals surface area contributed by atoms with E-state index < -0.39 is 11.8 Å². The number of rotatable bonds is 5. The van der Waals surface area contributed by atoms with Crippen molar-refractivity contribution in [2.45, 2.75) is 57.4 Å². The van der Waals surface area contributed by atoms with Crippen molar-refractivity contribution in [3.8, 4) is 16.9 Å². The summed E-state index contributed by atoms with van der Waals surface area (Å²) < 4.78 is 32.9. The Morgan fingerprint density at radius 2 is 1.66 bits per heavy atom. The molecule has 9 nitrogen and oxygen atoms in total. The van der Waals surface area contributed by atoms with Gasteiger partial charge in [0.25, 0.3) is 5.91 Å². The third-order valence-electron chi connectivity index (χ3n) is 9.57. The van der Waals surface area contributed by atoms with Crippen molar-refractivity contribution in [3.63, 3.8) is 0 Å². The zero-order valence-electron chi connectivity index (χ0n) is 26.5. The summed E-state index contributed by atoms with van der Waals surface area (Å²) in [6, 6.07) is 12.8. The Hall–Kier alpha value is -3.57. The van der Waals surface area contributed by atoms with E-state index >= 15 is 4.39 Å². The molecule has 0 spiro atoms. The highest BCUT2D eigenvalue weighted by Crippen LogP contribution is 2.43. The minimum absolute atomic E-state index is 0.0770. The quantitative estimate of drug-likeness (QED) is 0.322. The van der Waals surface area contributed by atoms with E-state index in [-0.39, 0.29) is 52.4 Å². The lowest BCUT2D eigenvalue weighted by Crippen LogP contribution is -2.54. The molecule has 4 heterocycles. The van der Waals surface area contributed by atoms with Gasteiger partial charge in [-0.25, -0.2) is 9.18 Å². The average Bonchev–Trinajstić information content (AvgIpc) is 3.29. The Labute approximate surface area is 283 Å². The van der Waals surface area contributed by atoms with Crippen LogP contribution >= 0.6 is 23.2 Å². The summed E-state index contributed by atoms with van der Waals surface area (Å²) >= 11 is 13.4. The number of anilines is 2. The number of hydrogen-bond donors (Lipinski definition) is 1. The molecule has 4 atom stereocenters. The predicted molar refractivity (Wildman–Crippen MR) is 179 cm³/mol. The number of hydrogen-bond acceptors (Lipinski definition) is 8. The summed E-state index contributed by atoms with van der Waals surface area (Å²) in [6.45, 7) is 7.07. The lowest BCUT2D eigenvalue weighted by molar-refractivity contribution is 0.0515. The second-order valence-corrected chi connectivity index (χ2v) is 13.7. The van der Waals surface area contributed by atoms with Gasteiger partial charge in [0, 0.05) is 47.6 Å². The van der Waals surface area contributed by atoms with Gasteiger partial charge in [0.1, 0.15) is 11.6 Å². The molecule has 3 aromatic carbocycles. The number of piperazine rings is 1. The van der Waals surface area contributed by atoms with Gasteiger partial charge in [-0.05, 0) is 51.0 Å². The number of halogens is 3. The van der Waals surface area contributed by atoms with Crippen LogP contribution in [0.2, 0.25) is 10.0 Å². The normalized spacial score (nSPS) is 23.7. The second kappa shape index (κ2) is 12.8. The molecule has 4 aliphatic heterocycles. The predicted octanol–water partition coefficient (Wildman–Crippen LogP) is 6.13. The Balaban J connectivity index is 1.18. The number of esters is 1. The topological polar surface area (TPSA) is 83.6 Å². The number of carbonyl (C=O) groups excluding carboxylic acids is 2. The van der Waals surface area contributed by atoms with E-state index in [0.29, 0.717) is 53.4 Å². The Bertz CT molecular complexity index is 1690. The lowest BCUT2D eigenvalue weighted by Gasteiger charge is -2.38. The fraction of sp³-hybridized carbons (Fsp3) is 0.429. The number of amides is 1. The smallest absolute Gasteiger partial charge is 0.340 e. The van der Waals surface area contributed by atoms with Crippen molar-refractivity contribution in [2.75, 3.05) is 49.9 Å². The van der Waals surface area contributed by atoms with Gasteiger partial charge >= 0.3 is 5.97 Å². The molecule has 0 aromatic heterocycles. The van der Waals surface area contributed by atoms with E-state index in [1.807, 2.05) is 12.1 Å². The first-order valence-corrected chi connectivity index (χ1v) is 16.7. The number of fused-ring (bicyclic) bond motifs is 3. The first-order chi connectivity index (χ1) is 22.6. The molecule has 0 saturated carbocycles. The molecule has 12 heteroatoms. The first-order valence-electron chi connectivity index (χ1n) is 15.9. The van der Waals surface area contributed by atoms with Gasteiger partial charge in [0.15, 0.2) is 6.73 Å². The van der Waals surface area contributed by atoms with E-state index in [1.54, 1.807) is 24.3 Å². The fourth-order valence-corrected chi connectivity index (χ4v) is 8.17. The number of carbonyl (C=O) groups is 2. The van der Waals surface area contributed by atoms with Crippen molar-refractivity contribution in [2.24, 2.45) is 0 Å². The highest BCUT2D eigenvalue weighted by molar-refractivity contribution is 6.40. The van der Waals surface area contributed by atoms with Gasteiger partial charge in [0.2, 0.25) is 0 Å². The minimum atomic E-state index is -0.598. The van der Waals surface area contributed by atoms with Crippen LogP contribution < -0.4 is 19.9 Å². The highest BCUT2D eigenvalue weighted by atomic mass is 35.5. The van der Waals surface area contributed by atoms with Gasteiger partial charge in [-0.2, -0.15) is 0 Å². The maximum absolute atomic E-state index is 15.9. The molecule has 3 aromatic rings. The largest absolute Gasteiger partial charge is 0.472 e. The number of benzene rings is 3. The van der Waals surface area contributed by atoms with Crippen molar-refractivity contribution in [3.05, 3.63) is 75.0 Å². The van der Waals surface area contributed by atoms with Gasteiger partial charge in [-0.3, -0.25) is 4.79 Å². The van der Waals surface area contributed by atoms with Crippen LogP contribution in [0, 0.1) is 5.82 Å². The van der Waals surface area contributed by atoms with Crippen LogP contribution in [0.25, 0.3) is 11.1 Å².